The standard InChI is InChI=1S/C12H18N6OS/c1-3-14-12-17-10(13)9(20-12)11(19)16-5-4-8-15-6-7-18(8)2/h6-7H,3-5,13H2,1-2H3,(H,14,17)(H,16,19). The van der Waals surface area contributed by atoms with Crippen molar-refractivity contribution in [2.45, 2.75) is 13.3 Å². The molecule has 20 heavy (non-hydrogen) atoms. The first-order valence-corrected chi connectivity index (χ1v) is 7.18. The molecule has 2 aromatic heterocycles. The zero-order chi connectivity index (χ0) is 14.5. The van der Waals surface area contributed by atoms with Crippen LogP contribution in [0.5, 0.6) is 0 Å². The third kappa shape index (κ3) is 3.27. The van der Waals surface area contributed by atoms with Crippen molar-refractivity contribution in [1.29, 1.82) is 0 Å². The number of nitrogen functional groups attached to an aromatic ring is 1. The molecule has 0 unspecified atom stereocenters. The van der Waals surface area contributed by atoms with Gasteiger partial charge in [0, 0.05) is 39.0 Å². The highest BCUT2D eigenvalue weighted by atomic mass is 32.1. The van der Waals surface area contributed by atoms with Gasteiger partial charge < -0.3 is 20.9 Å². The molecule has 7 nitrogen and oxygen atoms in total. The average Bonchev–Trinajstić information content (AvgIpc) is 2.97. The summed E-state index contributed by atoms with van der Waals surface area (Å²) >= 11 is 1.26. The van der Waals surface area contributed by atoms with Crippen LogP contribution in [0.4, 0.5) is 10.9 Å². The largest absolute Gasteiger partial charge is 0.382 e. The second-order valence-electron chi connectivity index (χ2n) is 4.22. The summed E-state index contributed by atoms with van der Waals surface area (Å²) in [6, 6.07) is 0. The van der Waals surface area contributed by atoms with Gasteiger partial charge >= 0.3 is 0 Å². The lowest BCUT2D eigenvalue weighted by atomic mass is 10.4. The van der Waals surface area contributed by atoms with Crippen LogP contribution in [0.3, 0.4) is 0 Å². The molecule has 0 saturated carbocycles. The predicted octanol–water partition coefficient (Wildman–Crippen LogP) is 0.863. The Morgan fingerprint density at radius 3 is 3.00 bits per heavy atom. The van der Waals surface area contributed by atoms with Gasteiger partial charge in [0.2, 0.25) is 0 Å². The fourth-order valence-electron chi connectivity index (χ4n) is 1.73. The van der Waals surface area contributed by atoms with E-state index in [1.165, 1.54) is 11.3 Å². The Bertz CT molecular complexity index is 591. The molecular weight excluding hydrogens is 276 g/mol. The van der Waals surface area contributed by atoms with Crippen molar-refractivity contribution >= 4 is 28.2 Å². The van der Waals surface area contributed by atoms with Crippen LogP contribution in [0.25, 0.3) is 0 Å². The highest BCUT2D eigenvalue weighted by Gasteiger charge is 2.15. The van der Waals surface area contributed by atoms with Crippen LogP contribution in [0.15, 0.2) is 12.4 Å². The molecule has 0 aliphatic heterocycles. The number of thiazole rings is 1. The number of hydrogen-bond acceptors (Lipinski definition) is 6. The quantitative estimate of drug-likeness (QED) is 0.734. The minimum Gasteiger partial charge on any atom is -0.382 e. The van der Waals surface area contributed by atoms with E-state index >= 15 is 0 Å². The number of carbonyl (C=O) groups excluding carboxylic acids is 1. The van der Waals surface area contributed by atoms with Crippen LogP contribution in [0.2, 0.25) is 0 Å². The minimum atomic E-state index is -0.196. The fourth-order valence-corrected chi connectivity index (χ4v) is 2.60. The average molecular weight is 294 g/mol. The molecule has 108 valence electrons. The van der Waals surface area contributed by atoms with Crippen molar-refractivity contribution in [3.63, 3.8) is 0 Å². The van der Waals surface area contributed by atoms with Crippen LogP contribution in [0, 0.1) is 0 Å². The first-order valence-electron chi connectivity index (χ1n) is 6.36. The van der Waals surface area contributed by atoms with Gasteiger partial charge in [-0.15, -0.1) is 0 Å². The van der Waals surface area contributed by atoms with Gasteiger partial charge in [0.05, 0.1) is 0 Å². The van der Waals surface area contributed by atoms with E-state index in [1.54, 1.807) is 6.20 Å². The number of anilines is 2. The van der Waals surface area contributed by atoms with Crippen molar-refractivity contribution in [3.05, 3.63) is 23.1 Å². The molecule has 0 aliphatic rings. The number of imidazole rings is 1. The zero-order valence-electron chi connectivity index (χ0n) is 11.5. The Morgan fingerprint density at radius 1 is 1.55 bits per heavy atom. The number of nitrogens with two attached hydrogens (primary N) is 1. The number of rotatable bonds is 6. The van der Waals surface area contributed by atoms with Gasteiger partial charge in [-0.3, -0.25) is 4.79 Å². The molecule has 0 atom stereocenters. The first-order chi connectivity index (χ1) is 9.61. The molecular formula is C12H18N6OS. The van der Waals surface area contributed by atoms with E-state index in [9.17, 15) is 4.79 Å². The van der Waals surface area contributed by atoms with Crippen LogP contribution in [-0.2, 0) is 13.5 Å². The van der Waals surface area contributed by atoms with Gasteiger partial charge in [-0.2, -0.15) is 0 Å². The van der Waals surface area contributed by atoms with Crippen LogP contribution in [0.1, 0.15) is 22.4 Å². The molecule has 2 rings (SSSR count). The zero-order valence-corrected chi connectivity index (χ0v) is 12.3. The normalized spacial score (nSPS) is 10.5. The maximum absolute atomic E-state index is 12.0. The molecule has 0 radical (unpaired) electrons. The summed E-state index contributed by atoms with van der Waals surface area (Å²) in [6.07, 6.45) is 4.29. The van der Waals surface area contributed by atoms with E-state index in [0.717, 1.165) is 12.4 Å². The van der Waals surface area contributed by atoms with Crippen molar-refractivity contribution in [3.8, 4) is 0 Å². The molecule has 0 bridgehead atoms. The van der Waals surface area contributed by atoms with Crippen molar-refractivity contribution in [2.24, 2.45) is 7.05 Å². The SMILES string of the molecule is CCNc1nc(N)c(C(=O)NCCc2nccn2C)s1. The Morgan fingerprint density at radius 2 is 2.35 bits per heavy atom. The lowest BCUT2D eigenvalue weighted by molar-refractivity contribution is 0.0958. The summed E-state index contributed by atoms with van der Waals surface area (Å²) in [5, 5.41) is 6.54. The van der Waals surface area contributed by atoms with Gasteiger partial charge in [-0.25, -0.2) is 9.97 Å². The maximum atomic E-state index is 12.0. The number of carbonyl (C=O) groups is 1. The van der Waals surface area contributed by atoms with Crippen molar-refractivity contribution < 1.29 is 4.79 Å². The lowest BCUT2D eigenvalue weighted by Gasteiger charge is -2.04. The van der Waals surface area contributed by atoms with Crippen LogP contribution >= 0.6 is 11.3 Å². The lowest BCUT2D eigenvalue weighted by Crippen LogP contribution is -2.26. The summed E-state index contributed by atoms with van der Waals surface area (Å²) in [7, 11) is 1.92. The predicted molar refractivity (Wildman–Crippen MR) is 79.9 cm³/mol. The van der Waals surface area contributed by atoms with Gasteiger partial charge in [0.15, 0.2) is 5.13 Å². The van der Waals surface area contributed by atoms with E-state index < -0.39 is 0 Å². The molecule has 0 fully saturated rings. The Kier molecular flexibility index (Phi) is 4.57. The first kappa shape index (κ1) is 14.3. The van der Waals surface area contributed by atoms with Gasteiger partial charge in [-0.05, 0) is 6.92 Å². The van der Waals surface area contributed by atoms with Gasteiger partial charge in [0.1, 0.15) is 16.5 Å². The summed E-state index contributed by atoms with van der Waals surface area (Å²) in [5.41, 5.74) is 5.75. The fraction of sp³-hybridized carbons (Fsp3) is 0.417. The molecule has 0 spiro atoms. The van der Waals surface area contributed by atoms with Gasteiger partial charge in [0.25, 0.3) is 5.91 Å². The second-order valence-corrected chi connectivity index (χ2v) is 5.22. The molecule has 8 heteroatoms. The number of nitrogens with one attached hydrogen (secondary N) is 2. The molecule has 0 saturated heterocycles. The summed E-state index contributed by atoms with van der Waals surface area (Å²) in [6.45, 7) is 3.22. The highest BCUT2D eigenvalue weighted by molar-refractivity contribution is 7.18. The van der Waals surface area contributed by atoms with Gasteiger partial charge in [-0.1, -0.05) is 11.3 Å². The molecule has 2 aromatic rings. The number of aromatic nitrogens is 3. The maximum Gasteiger partial charge on any atom is 0.265 e. The van der Waals surface area contributed by atoms with E-state index in [-0.39, 0.29) is 11.7 Å². The number of amides is 1. The summed E-state index contributed by atoms with van der Waals surface area (Å²) in [5.74, 6) is 0.995. The molecule has 2 heterocycles. The minimum absolute atomic E-state index is 0.196. The molecule has 0 aromatic carbocycles. The number of nitrogens with zero attached hydrogens (tertiary/aromatic N) is 3. The van der Waals surface area contributed by atoms with E-state index in [4.69, 9.17) is 5.73 Å². The molecule has 1 amide bonds. The Balaban J connectivity index is 1.90. The number of aryl methyl sites for hydroxylation is 1. The third-order valence-corrected chi connectivity index (χ3v) is 3.77. The monoisotopic (exact) mass is 294 g/mol. The number of hydrogen-bond donors (Lipinski definition) is 3. The van der Waals surface area contributed by atoms with Crippen LogP contribution < -0.4 is 16.4 Å². The van der Waals surface area contributed by atoms with Crippen molar-refractivity contribution in [2.75, 3.05) is 24.1 Å². The van der Waals surface area contributed by atoms with E-state index in [1.807, 2.05) is 24.7 Å². The van der Waals surface area contributed by atoms with E-state index in [2.05, 4.69) is 20.6 Å². The summed E-state index contributed by atoms with van der Waals surface area (Å²) in [4.78, 5) is 20.8. The third-order valence-electron chi connectivity index (χ3n) is 2.74. The van der Waals surface area contributed by atoms with Crippen molar-refractivity contribution in [1.82, 2.24) is 19.9 Å². The van der Waals surface area contributed by atoms with Crippen LogP contribution in [-0.4, -0.2) is 33.5 Å². The Labute approximate surface area is 121 Å². The summed E-state index contributed by atoms with van der Waals surface area (Å²) < 4.78 is 1.93. The molecule has 4 N–H and O–H groups in total. The molecule has 0 aliphatic carbocycles. The second kappa shape index (κ2) is 6.38. The Hall–Kier alpha value is -2.09. The smallest absolute Gasteiger partial charge is 0.265 e. The van der Waals surface area contributed by atoms with E-state index in [0.29, 0.717) is 23.0 Å². The topological polar surface area (TPSA) is 97.9 Å². The highest BCUT2D eigenvalue weighted by Crippen LogP contribution is 2.24.